The Morgan fingerprint density at radius 1 is 1.38 bits per heavy atom. The Hall–Kier alpha value is -1.55. The lowest BCUT2D eigenvalue weighted by molar-refractivity contribution is -0.137. The second-order valence-electron chi connectivity index (χ2n) is 3.19. The summed E-state index contributed by atoms with van der Waals surface area (Å²) in [6, 6.07) is 6.58. The normalized spacial score (nSPS) is 9.88. The van der Waals surface area contributed by atoms with Crippen molar-refractivity contribution in [1.82, 2.24) is 4.90 Å². The van der Waals surface area contributed by atoms with Crippen LogP contribution in [-0.2, 0) is 4.79 Å². The maximum Gasteiger partial charge on any atom is 0.323 e. The van der Waals surface area contributed by atoms with Gasteiger partial charge in [0.1, 0.15) is 6.54 Å². The van der Waals surface area contributed by atoms with Crippen LogP contribution in [0.25, 0.3) is 0 Å². The zero-order valence-electron chi connectivity index (χ0n) is 8.81. The lowest BCUT2D eigenvalue weighted by Gasteiger charge is -2.18. The number of aliphatic carboxylic acids is 1. The highest BCUT2D eigenvalue weighted by Crippen LogP contribution is 2.16. The molecule has 1 amide bonds. The summed E-state index contributed by atoms with van der Waals surface area (Å²) in [7, 11) is 0. The highest BCUT2D eigenvalue weighted by Gasteiger charge is 2.18. The van der Waals surface area contributed by atoms with Gasteiger partial charge in [-0.3, -0.25) is 9.59 Å². The van der Waals surface area contributed by atoms with Gasteiger partial charge in [0.05, 0.1) is 10.6 Å². The largest absolute Gasteiger partial charge is 0.480 e. The van der Waals surface area contributed by atoms with E-state index in [1.165, 1.54) is 4.90 Å². The summed E-state index contributed by atoms with van der Waals surface area (Å²) in [6.07, 6.45) is 0. The Bertz CT molecular complexity index is 406. The number of nitrogens with zero attached hydrogens (tertiary/aromatic N) is 1. The zero-order chi connectivity index (χ0) is 12.1. The van der Waals surface area contributed by atoms with Gasteiger partial charge in [-0.25, -0.2) is 0 Å². The summed E-state index contributed by atoms with van der Waals surface area (Å²) in [5.74, 6) is -1.40. The first-order chi connectivity index (χ1) is 7.56. The molecule has 0 bridgehead atoms. The molecule has 1 aromatic carbocycles. The summed E-state index contributed by atoms with van der Waals surface area (Å²) in [6.45, 7) is 1.73. The van der Waals surface area contributed by atoms with E-state index in [2.05, 4.69) is 0 Å². The van der Waals surface area contributed by atoms with Gasteiger partial charge in [0.15, 0.2) is 0 Å². The number of carboxylic acid groups (broad SMARTS) is 1. The molecule has 5 heteroatoms. The van der Waals surface area contributed by atoms with Crippen molar-refractivity contribution in [2.75, 3.05) is 13.1 Å². The molecule has 0 aliphatic carbocycles. The van der Waals surface area contributed by atoms with E-state index in [9.17, 15) is 9.59 Å². The van der Waals surface area contributed by atoms with Gasteiger partial charge in [0.25, 0.3) is 5.91 Å². The highest BCUT2D eigenvalue weighted by molar-refractivity contribution is 6.33. The number of carbonyl (C=O) groups is 2. The zero-order valence-corrected chi connectivity index (χ0v) is 9.57. The Balaban J connectivity index is 2.91. The maximum absolute atomic E-state index is 11.9. The van der Waals surface area contributed by atoms with Gasteiger partial charge in [-0.1, -0.05) is 23.7 Å². The second-order valence-corrected chi connectivity index (χ2v) is 3.60. The van der Waals surface area contributed by atoms with E-state index < -0.39 is 5.97 Å². The fourth-order valence-electron chi connectivity index (χ4n) is 1.30. The van der Waals surface area contributed by atoms with Gasteiger partial charge in [-0.05, 0) is 19.1 Å². The van der Waals surface area contributed by atoms with Gasteiger partial charge in [0, 0.05) is 6.54 Å². The molecule has 0 aliphatic rings. The third-order valence-corrected chi connectivity index (χ3v) is 2.43. The van der Waals surface area contributed by atoms with Crippen molar-refractivity contribution in [3.8, 4) is 0 Å². The van der Waals surface area contributed by atoms with Gasteiger partial charge >= 0.3 is 5.97 Å². The third-order valence-electron chi connectivity index (χ3n) is 2.10. The summed E-state index contributed by atoms with van der Waals surface area (Å²) < 4.78 is 0. The topological polar surface area (TPSA) is 57.6 Å². The minimum atomic E-state index is -1.04. The van der Waals surface area contributed by atoms with Crippen molar-refractivity contribution in [1.29, 1.82) is 0 Å². The van der Waals surface area contributed by atoms with Crippen LogP contribution >= 0.6 is 11.6 Å². The smallest absolute Gasteiger partial charge is 0.323 e. The Morgan fingerprint density at radius 3 is 2.50 bits per heavy atom. The average molecular weight is 242 g/mol. The van der Waals surface area contributed by atoms with Crippen LogP contribution in [0.15, 0.2) is 24.3 Å². The highest BCUT2D eigenvalue weighted by atomic mass is 35.5. The number of rotatable bonds is 4. The molecule has 0 unspecified atom stereocenters. The first-order valence-corrected chi connectivity index (χ1v) is 5.19. The molecule has 0 aliphatic heterocycles. The SMILES string of the molecule is CCN(CC(=O)O)C(=O)c1ccccc1Cl. The predicted octanol–water partition coefficient (Wildman–Crippen LogP) is 1.89. The van der Waals surface area contributed by atoms with Crippen molar-refractivity contribution in [2.24, 2.45) is 0 Å². The van der Waals surface area contributed by atoms with Gasteiger partial charge in [-0.15, -0.1) is 0 Å². The second kappa shape index (κ2) is 5.51. The molecule has 0 aromatic heterocycles. The molecular weight excluding hydrogens is 230 g/mol. The van der Waals surface area contributed by atoms with Crippen LogP contribution in [0.1, 0.15) is 17.3 Å². The van der Waals surface area contributed by atoms with Crippen LogP contribution in [-0.4, -0.2) is 35.0 Å². The van der Waals surface area contributed by atoms with Crippen LogP contribution in [0.4, 0.5) is 0 Å². The molecule has 1 N–H and O–H groups in total. The maximum atomic E-state index is 11.9. The lowest BCUT2D eigenvalue weighted by Crippen LogP contribution is -2.35. The van der Waals surface area contributed by atoms with Crippen LogP contribution in [0.5, 0.6) is 0 Å². The minimum absolute atomic E-state index is 0.319. The lowest BCUT2D eigenvalue weighted by atomic mass is 10.2. The fourth-order valence-corrected chi connectivity index (χ4v) is 1.51. The van der Waals surface area contributed by atoms with Crippen molar-refractivity contribution in [3.05, 3.63) is 34.9 Å². The molecule has 86 valence electrons. The van der Waals surface area contributed by atoms with Gasteiger partial charge < -0.3 is 10.0 Å². The third kappa shape index (κ3) is 2.97. The van der Waals surface area contributed by atoms with E-state index in [1.807, 2.05) is 0 Å². The van der Waals surface area contributed by atoms with E-state index in [0.717, 1.165) is 0 Å². The molecule has 1 aromatic rings. The fraction of sp³-hybridized carbons (Fsp3) is 0.273. The van der Waals surface area contributed by atoms with E-state index in [4.69, 9.17) is 16.7 Å². The van der Waals surface area contributed by atoms with Crippen molar-refractivity contribution >= 4 is 23.5 Å². The molecule has 1 rings (SSSR count). The molecule has 0 saturated heterocycles. The number of amides is 1. The predicted molar refractivity (Wildman–Crippen MR) is 60.7 cm³/mol. The first-order valence-electron chi connectivity index (χ1n) is 4.81. The number of halogens is 1. The Labute approximate surface area is 98.4 Å². The van der Waals surface area contributed by atoms with Crippen LogP contribution in [0.3, 0.4) is 0 Å². The molecular formula is C11H12ClNO3. The number of carbonyl (C=O) groups excluding carboxylic acids is 1. The van der Waals surface area contributed by atoms with Crippen molar-refractivity contribution in [3.63, 3.8) is 0 Å². The molecule has 0 radical (unpaired) electrons. The van der Waals surface area contributed by atoms with Crippen molar-refractivity contribution < 1.29 is 14.7 Å². The van der Waals surface area contributed by atoms with E-state index >= 15 is 0 Å². The molecule has 0 heterocycles. The summed E-state index contributed by atoms with van der Waals surface area (Å²) in [5.41, 5.74) is 0.326. The van der Waals surface area contributed by atoms with Crippen LogP contribution < -0.4 is 0 Å². The van der Waals surface area contributed by atoms with E-state index in [1.54, 1.807) is 31.2 Å². The summed E-state index contributed by atoms with van der Waals surface area (Å²) in [4.78, 5) is 23.7. The average Bonchev–Trinajstić information content (AvgIpc) is 2.25. The number of likely N-dealkylation sites (N-methyl/N-ethyl adjacent to an activating group) is 1. The molecule has 16 heavy (non-hydrogen) atoms. The molecule has 0 spiro atoms. The number of hydrogen-bond acceptors (Lipinski definition) is 2. The molecule has 0 fully saturated rings. The van der Waals surface area contributed by atoms with Gasteiger partial charge in [0.2, 0.25) is 0 Å². The molecule has 4 nitrogen and oxygen atoms in total. The Kier molecular flexibility index (Phi) is 4.31. The monoisotopic (exact) mass is 241 g/mol. The number of benzene rings is 1. The summed E-state index contributed by atoms with van der Waals surface area (Å²) in [5, 5.41) is 8.98. The minimum Gasteiger partial charge on any atom is -0.480 e. The molecule has 0 saturated carbocycles. The van der Waals surface area contributed by atoms with Gasteiger partial charge in [-0.2, -0.15) is 0 Å². The number of hydrogen-bond donors (Lipinski definition) is 1. The van der Waals surface area contributed by atoms with Crippen LogP contribution in [0.2, 0.25) is 5.02 Å². The van der Waals surface area contributed by atoms with E-state index in [0.29, 0.717) is 17.1 Å². The van der Waals surface area contributed by atoms with Crippen molar-refractivity contribution in [2.45, 2.75) is 6.92 Å². The standard InChI is InChI=1S/C11H12ClNO3/c1-2-13(7-10(14)15)11(16)8-5-3-4-6-9(8)12/h3-6H,2,7H2,1H3,(H,14,15). The van der Waals surface area contributed by atoms with E-state index in [-0.39, 0.29) is 12.5 Å². The number of carboxylic acids is 1. The molecule has 0 atom stereocenters. The first kappa shape index (κ1) is 12.5. The summed E-state index contributed by atoms with van der Waals surface area (Å²) >= 11 is 5.86. The Morgan fingerprint density at radius 2 is 2.00 bits per heavy atom. The van der Waals surface area contributed by atoms with Crippen LogP contribution in [0, 0.1) is 0 Å². The quantitative estimate of drug-likeness (QED) is 0.876.